The van der Waals surface area contributed by atoms with Gasteiger partial charge >= 0.3 is 0 Å². The molecule has 94 valence electrons. The molecule has 0 unspecified atom stereocenters. The topological polar surface area (TPSA) is 12.0 Å². The molecule has 0 atom stereocenters. The largest absolute Gasteiger partial charge is 0.379 e. The molecule has 18 heavy (non-hydrogen) atoms. The molecule has 0 spiro atoms. The monoisotopic (exact) mass is 407 g/mol. The van der Waals surface area contributed by atoms with Crippen LogP contribution in [0.2, 0.25) is 10.0 Å². The first kappa shape index (κ1) is 14.2. The Hall–Kier alpha value is -0.220. The van der Waals surface area contributed by atoms with Gasteiger partial charge in [0.15, 0.2) is 0 Å². The summed E-state index contributed by atoms with van der Waals surface area (Å²) in [5.41, 5.74) is 1.89. The third kappa shape index (κ3) is 3.41. The van der Waals surface area contributed by atoms with Gasteiger partial charge in [-0.25, -0.2) is 0 Å². The summed E-state index contributed by atoms with van der Waals surface area (Å²) in [7, 11) is 0. The van der Waals surface area contributed by atoms with E-state index in [1.54, 1.807) is 0 Å². The zero-order valence-corrected chi connectivity index (χ0v) is 13.9. The molecule has 0 aliphatic carbocycles. The summed E-state index contributed by atoms with van der Waals surface area (Å²) in [4.78, 5) is 0. The SMILES string of the molecule is Clc1cc(Br)cc(Cl)c1NCc1ccccc1Br. The normalized spacial score (nSPS) is 10.4. The van der Waals surface area contributed by atoms with Gasteiger partial charge in [0.2, 0.25) is 0 Å². The molecule has 0 aliphatic heterocycles. The van der Waals surface area contributed by atoms with Gasteiger partial charge in [-0.3, -0.25) is 0 Å². The molecule has 0 saturated heterocycles. The lowest BCUT2D eigenvalue weighted by Gasteiger charge is -2.12. The fourth-order valence-corrected chi connectivity index (χ4v) is 3.30. The highest BCUT2D eigenvalue weighted by Crippen LogP contribution is 2.34. The maximum Gasteiger partial charge on any atom is 0.0722 e. The minimum atomic E-state index is 0.599. The lowest BCUT2D eigenvalue weighted by Crippen LogP contribution is -2.01. The summed E-state index contributed by atoms with van der Waals surface area (Å²) in [6.07, 6.45) is 0. The molecule has 0 aliphatic rings. The number of hydrogen-bond acceptors (Lipinski definition) is 1. The van der Waals surface area contributed by atoms with E-state index in [-0.39, 0.29) is 0 Å². The van der Waals surface area contributed by atoms with E-state index in [4.69, 9.17) is 23.2 Å². The molecule has 2 rings (SSSR count). The van der Waals surface area contributed by atoms with Gasteiger partial charge in [0, 0.05) is 15.5 Å². The predicted molar refractivity (Wildman–Crippen MR) is 85.6 cm³/mol. The van der Waals surface area contributed by atoms with Crippen LogP contribution in [0.25, 0.3) is 0 Å². The highest BCUT2D eigenvalue weighted by molar-refractivity contribution is 9.10. The maximum atomic E-state index is 6.15. The van der Waals surface area contributed by atoms with Crippen molar-refractivity contribution in [3.8, 4) is 0 Å². The molecule has 5 heteroatoms. The van der Waals surface area contributed by atoms with Crippen molar-refractivity contribution in [2.24, 2.45) is 0 Å². The van der Waals surface area contributed by atoms with Gasteiger partial charge in [-0.1, -0.05) is 73.3 Å². The minimum Gasteiger partial charge on any atom is -0.379 e. The molecule has 0 radical (unpaired) electrons. The summed E-state index contributed by atoms with van der Waals surface area (Å²) >= 11 is 19.2. The Kier molecular flexibility index (Phi) is 4.96. The van der Waals surface area contributed by atoms with Crippen LogP contribution >= 0.6 is 55.1 Å². The van der Waals surface area contributed by atoms with Gasteiger partial charge in [0.1, 0.15) is 0 Å². The number of hydrogen-bond donors (Lipinski definition) is 1. The van der Waals surface area contributed by atoms with E-state index in [2.05, 4.69) is 37.2 Å². The number of benzene rings is 2. The fourth-order valence-electron chi connectivity index (χ4n) is 1.54. The van der Waals surface area contributed by atoms with Crippen LogP contribution in [0, 0.1) is 0 Å². The van der Waals surface area contributed by atoms with E-state index < -0.39 is 0 Å². The van der Waals surface area contributed by atoms with Crippen molar-refractivity contribution in [2.75, 3.05) is 5.32 Å². The van der Waals surface area contributed by atoms with Gasteiger partial charge in [-0.05, 0) is 23.8 Å². The summed E-state index contributed by atoms with van der Waals surface area (Å²) in [5, 5.41) is 4.45. The Bertz CT molecular complexity index is 550. The van der Waals surface area contributed by atoms with Crippen LogP contribution in [0.5, 0.6) is 0 Å². The van der Waals surface area contributed by atoms with Crippen LogP contribution in [0.1, 0.15) is 5.56 Å². The number of nitrogens with one attached hydrogen (secondary N) is 1. The molecular weight excluding hydrogens is 401 g/mol. The lowest BCUT2D eigenvalue weighted by molar-refractivity contribution is 1.14. The molecule has 1 nitrogen and oxygen atoms in total. The molecular formula is C13H9Br2Cl2N. The van der Waals surface area contributed by atoms with Gasteiger partial charge in [0.25, 0.3) is 0 Å². The van der Waals surface area contributed by atoms with Gasteiger partial charge < -0.3 is 5.32 Å². The second kappa shape index (κ2) is 6.29. The van der Waals surface area contributed by atoms with Crippen LogP contribution in [0.4, 0.5) is 5.69 Å². The number of anilines is 1. The van der Waals surface area contributed by atoms with E-state index >= 15 is 0 Å². The Morgan fingerprint density at radius 3 is 2.22 bits per heavy atom. The predicted octanol–water partition coefficient (Wildman–Crippen LogP) is 6.13. The van der Waals surface area contributed by atoms with Crippen molar-refractivity contribution >= 4 is 60.7 Å². The molecule has 0 bridgehead atoms. The molecule has 2 aromatic rings. The van der Waals surface area contributed by atoms with E-state index in [1.807, 2.05) is 36.4 Å². The molecule has 0 aromatic heterocycles. The summed E-state index contributed by atoms with van der Waals surface area (Å²) in [6, 6.07) is 11.6. The van der Waals surface area contributed by atoms with Crippen molar-refractivity contribution in [1.29, 1.82) is 0 Å². The van der Waals surface area contributed by atoms with E-state index in [9.17, 15) is 0 Å². The lowest BCUT2D eigenvalue weighted by atomic mass is 10.2. The molecule has 0 saturated carbocycles. The first-order chi connectivity index (χ1) is 8.58. The molecule has 0 amide bonds. The number of rotatable bonds is 3. The van der Waals surface area contributed by atoms with E-state index in [0.717, 1.165) is 20.2 Å². The average molecular weight is 410 g/mol. The van der Waals surface area contributed by atoms with Crippen LogP contribution in [0.3, 0.4) is 0 Å². The molecule has 1 N–H and O–H groups in total. The Morgan fingerprint density at radius 2 is 1.61 bits per heavy atom. The minimum absolute atomic E-state index is 0.599. The smallest absolute Gasteiger partial charge is 0.0722 e. The van der Waals surface area contributed by atoms with Crippen LogP contribution in [-0.2, 0) is 6.54 Å². The highest BCUT2D eigenvalue weighted by Gasteiger charge is 2.07. The first-order valence-electron chi connectivity index (χ1n) is 5.20. The summed E-state index contributed by atoms with van der Waals surface area (Å²) in [6.45, 7) is 0.655. The quantitative estimate of drug-likeness (QED) is 0.642. The van der Waals surface area contributed by atoms with Gasteiger partial charge in [-0.15, -0.1) is 0 Å². The van der Waals surface area contributed by atoms with Gasteiger partial charge in [0.05, 0.1) is 15.7 Å². The van der Waals surface area contributed by atoms with Crippen molar-refractivity contribution in [2.45, 2.75) is 6.54 Å². The first-order valence-corrected chi connectivity index (χ1v) is 7.54. The van der Waals surface area contributed by atoms with Crippen molar-refractivity contribution in [3.63, 3.8) is 0 Å². The third-order valence-corrected chi connectivity index (χ3v) is 4.25. The van der Waals surface area contributed by atoms with Crippen molar-refractivity contribution < 1.29 is 0 Å². The van der Waals surface area contributed by atoms with E-state index in [1.165, 1.54) is 0 Å². The Balaban J connectivity index is 2.19. The third-order valence-electron chi connectivity index (χ3n) is 2.42. The van der Waals surface area contributed by atoms with Crippen molar-refractivity contribution in [1.82, 2.24) is 0 Å². The van der Waals surface area contributed by atoms with Crippen molar-refractivity contribution in [3.05, 3.63) is 61.0 Å². The second-order valence-corrected chi connectivity index (χ2v) is 6.27. The second-order valence-electron chi connectivity index (χ2n) is 3.69. The zero-order chi connectivity index (χ0) is 13.1. The highest BCUT2D eigenvalue weighted by atomic mass is 79.9. The average Bonchev–Trinajstić information content (AvgIpc) is 2.30. The van der Waals surface area contributed by atoms with Crippen LogP contribution < -0.4 is 5.32 Å². The molecule has 0 fully saturated rings. The van der Waals surface area contributed by atoms with E-state index in [0.29, 0.717) is 16.6 Å². The summed E-state index contributed by atoms with van der Waals surface area (Å²) < 4.78 is 1.92. The van der Waals surface area contributed by atoms with Crippen LogP contribution in [-0.4, -0.2) is 0 Å². The maximum absolute atomic E-state index is 6.15. The fraction of sp³-hybridized carbons (Fsp3) is 0.0769. The standard InChI is InChI=1S/C13H9Br2Cl2N/c14-9-5-11(16)13(12(17)6-9)18-7-8-3-1-2-4-10(8)15/h1-6,18H,7H2. The Labute approximate surface area is 133 Å². The molecule has 2 aromatic carbocycles. The Morgan fingerprint density at radius 1 is 1.00 bits per heavy atom. The van der Waals surface area contributed by atoms with Crippen LogP contribution in [0.15, 0.2) is 45.3 Å². The summed E-state index contributed by atoms with van der Waals surface area (Å²) in [5.74, 6) is 0. The molecule has 0 heterocycles. The number of halogens is 4. The van der Waals surface area contributed by atoms with Gasteiger partial charge in [-0.2, -0.15) is 0 Å². The zero-order valence-electron chi connectivity index (χ0n) is 9.18.